The Labute approximate surface area is 96.1 Å². The van der Waals surface area contributed by atoms with Crippen molar-refractivity contribution in [2.75, 3.05) is 0 Å². The quantitative estimate of drug-likeness (QED) is 0.249. The topological polar surface area (TPSA) is 103 Å². The third kappa shape index (κ3) is 1.80. The van der Waals surface area contributed by atoms with E-state index in [2.05, 4.69) is 4.74 Å². The van der Waals surface area contributed by atoms with Gasteiger partial charge in [-0.2, -0.15) is 0 Å². The lowest BCUT2D eigenvalue weighted by Crippen LogP contribution is -2.50. The van der Waals surface area contributed by atoms with E-state index >= 15 is 0 Å². The van der Waals surface area contributed by atoms with Crippen LogP contribution in [0.5, 0.6) is 0 Å². The van der Waals surface area contributed by atoms with E-state index in [-0.39, 0.29) is 5.76 Å². The molecule has 0 aromatic carbocycles. The van der Waals surface area contributed by atoms with Gasteiger partial charge in [-0.25, -0.2) is 10.6 Å². The summed E-state index contributed by atoms with van der Waals surface area (Å²) >= 11 is 0. The Morgan fingerprint density at radius 3 is 2.59 bits per heavy atom. The van der Waals surface area contributed by atoms with Gasteiger partial charge < -0.3 is 9.15 Å². The Balaban J connectivity index is 2.20. The lowest BCUT2D eigenvalue weighted by atomic mass is 10.0. The van der Waals surface area contributed by atoms with Crippen LogP contribution in [0.15, 0.2) is 22.8 Å². The monoisotopic (exact) mass is 238 g/mol. The summed E-state index contributed by atoms with van der Waals surface area (Å²) in [5, 5.41) is 0.663. The van der Waals surface area contributed by atoms with E-state index in [1.54, 1.807) is 0 Å². The van der Waals surface area contributed by atoms with Crippen molar-refractivity contribution in [3.63, 3.8) is 0 Å². The third-order valence-corrected chi connectivity index (χ3v) is 2.55. The number of amides is 1. The summed E-state index contributed by atoms with van der Waals surface area (Å²) in [6, 6.07) is 1.82. The first-order chi connectivity index (χ1) is 8.02. The molecule has 1 aliphatic heterocycles. The Bertz CT molecular complexity index is 467. The fraction of sp³-hybridized carbons (Fsp3) is 0.300. The number of nitrogens with two attached hydrogens (primary N) is 1. The second kappa shape index (κ2) is 4.02. The first kappa shape index (κ1) is 11.3. The summed E-state index contributed by atoms with van der Waals surface area (Å²) in [5.41, 5.74) is 0. The molecule has 7 heteroatoms. The van der Waals surface area contributed by atoms with Gasteiger partial charge in [0.1, 0.15) is 0 Å². The van der Waals surface area contributed by atoms with Gasteiger partial charge in [-0.05, 0) is 19.1 Å². The van der Waals surface area contributed by atoms with Gasteiger partial charge in [0.15, 0.2) is 11.8 Å². The van der Waals surface area contributed by atoms with Crippen molar-refractivity contribution in [2.24, 2.45) is 11.8 Å². The van der Waals surface area contributed by atoms with Crippen molar-refractivity contribution in [3.05, 3.63) is 24.2 Å². The highest BCUT2D eigenvalue weighted by Gasteiger charge is 2.46. The van der Waals surface area contributed by atoms with Gasteiger partial charge in [0.05, 0.1) is 12.2 Å². The second-order valence-electron chi connectivity index (χ2n) is 3.66. The van der Waals surface area contributed by atoms with E-state index in [0.29, 0.717) is 5.01 Å². The minimum absolute atomic E-state index is 0.00755. The number of cyclic esters (lactones) is 2. The van der Waals surface area contributed by atoms with Gasteiger partial charge in [-0.3, -0.25) is 14.6 Å². The van der Waals surface area contributed by atoms with Gasteiger partial charge in [0.2, 0.25) is 0 Å². The first-order valence-corrected chi connectivity index (χ1v) is 4.89. The standard InChI is InChI=1S/C10H10N2O5/c1-5-7(10(15)17-9(5)14)12(11)8(13)6-3-2-4-16-6/h2-5,7H,11H2,1H3/t5-,7-/m0/s1. The molecule has 0 saturated carbocycles. The molecule has 1 amide bonds. The highest BCUT2D eigenvalue weighted by Crippen LogP contribution is 2.21. The number of hydrogen-bond donors (Lipinski definition) is 1. The Hall–Kier alpha value is -2.15. The zero-order valence-electron chi connectivity index (χ0n) is 8.95. The molecule has 17 heavy (non-hydrogen) atoms. The molecule has 2 heterocycles. The lowest BCUT2D eigenvalue weighted by Gasteiger charge is -2.21. The van der Waals surface area contributed by atoms with Gasteiger partial charge in [0, 0.05) is 0 Å². The van der Waals surface area contributed by atoms with Crippen molar-refractivity contribution in [3.8, 4) is 0 Å². The number of nitrogens with zero attached hydrogens (tertiary/aromatic N) is 1. The fourth-order valence-corrected chi connectivity index (χ4v) is 1.59. The van der Waals surface area contributed by atoms with Crippen molar-refractivity contribution in [1.82, 2.24) is 5.01 Å². The van der Waals surface area contributed by atoms with Crippen LogP contribution in [0.3, 0.4) is 0 Å². The zero-order chi connectivity index (χ0) is 12.6. The molecule has 2 atom stereocenters. The van der Waals surface area contributed by atoms with E-state index in [1.807, 2.05) is 0 Å². The smallest absolute Gasteiger partial charge is 0.339 e. The predicted molar refractivity (Wildman–Crippen MR) is 53.1 cm³/mol. The summed E-state index contributed by atoms with van der Waals surface area (Å²) in [4.78, 5) is 34.3. The summed E-state index contributed by atoms with van der Waals surface area (Å²) in [6.07, 6.45) is 1.31. The van der Waals surface area contributed by atoms with Crippen LogP contribution in [0.25, 0.3) is 0 Å². The number of hydrazine groups is 1. The molecule has 1 aromatic rings. The molecule has 1 aliphatic rings. The number of furan rings is 1. The number of carbonyl (C=O) groups is 3. The molecule has 0 unspecified atom stereocenters. The van der Waals surface area contributed by atoms with Crippen LogP contribution in [0.2, 0.25) is 0 Å². The van der Waals surface area contributed by atoms with Crippen molar-refractivity contribution in [2.45, 2.75) is 13.0 Å². The molecule has 0 bridgehead atoms. The van der Waals surface area contributed by atoms with Crippen LogP contribution in [-0.4, -0.2) is 28.9 Å². The average molecular weight is 238 g/mol. The van der Waals surface area contributed by atoms with Crippen LogP contribution in [0.1, 0.15) is 17.5 Å². The molecule has 1 aromatic heterocycles. The molecule has 2 rings (SSSR count). The Kier molecular flexibility index (Phi) is 2.68. The summed E-state index contributed by atoms with van der Waals surface area (Å²) in [5.74, 6) is 2.53. The van der Waals surface area contributed by atoms with E-state index in [4.69, 9.17) is 10.3 Å². The maximum atomic E-state index is 11.8. The predicted octanol–water partition coefficient (Wildman–Crippen LogP) is -0.316. The van der Waals surface area contributed by atoms with Crippen LogP contribution < -0.4 is 5.84 Å². The van der Waals surface area contributed by atoms with Crippen LogP contribution in [-0.2, 0) is 14.3 Å². The normalized spacial score (nSPS) is 23.6. The Morgan fingerprint density at radius 1 is 1.41 bits per heavy atom. The summed E-state index contributed by atoms with van der Waals surface area (Å²) in [6.45, 7) is 1.47. The largest absolute Gasteiger partial charge is 0.459 e. The first-order valence-electron chi connectivity index (χ1n) is 4.89. The van der Waals surface area contributed by atoms with Crippen LogP contribution in [0.4, 0.5) is 0 Å². The molecule has 7 nitrogen and oxygen atoms in total. The van der Waals surface area contributed by atoms with E-state index in [0.717, 1.165) is 0 Å². The van der Waals surface area contributed by atoms with Crippen molar-refractivity contribution >= 4 is 17.8 Å². The fourth-order valence-electron chi connectivity index (χ4n) is 1.59. The molecule has 0 aliphatic carbocycles. The SMILES string of the molecule is C[C@@H]1C(=O)OC(=O)[C@H]1N(N)C(=O)c1ccco1. The third-order valence-electron chi connectivity index (χ3n) is 2.55. The maximum Gasteiger partial charge on any atom is 0.339 e. The van der Waals surface area contributed by atoms with Gasteiger partial charge >= 0.3 is 17.8 Å². The van der Waals surface area contributed by atoms with E-state index < -0.39 is 29.8 Å². The molecule has 0 spiro atoms. The molecular weight excluding hydrogens is 228 g/mol. The lowest BCUT2D eigenvalue weighted by molar-refractivity contribution is -0.153. The van der Waals surface area contributed by atoms with E-state index in [1.165, 1.54) is 25.3 Å². The van der Waals surface area contributed by atoms with Crippen LogP contribution in [0, 0.1) is 5.92 Å². The summed E-state index contributed by atoms with van der Waals surface area (Å²) < 4.78 is 9.26. The molecule has 1 fully saturated rings. The zero-order valence-corrected chi connectivity index (χ0v) is 8.95. The minimum Gasteiger partial charge on any atom is -0.459 e. The maximum absolute atomic E-state index is 11.8. The molecule has 0 radical (unpaired) electrons. The average Bonchev–Trinajstić information content (AvgIpc) is 2.87. The second-order valence-corrected chi connectivity index (χ2v) is 3.66. The van der Waals surface area contributed by atoms with Gasteiger partial charge in [0.25, 0.3) is 0 Å². The van der Waals surface area contributed by atoms with E-state index in [9.17, 15) is 14.4 Å². The highest BCUT2D eigenvalue weighted by atomic mass is 16.6. The number of hydrogen-bond acceptors (Lipinski definition) is 6. The number of ether oxygens (including phenoxy) is 1. The number of esters is 2. The van der Waals surface area contributed by atoms with Gasteiger partial charge in [-0.15, -0.1) is 0 Å². The Morgan fingerprint density at radius 2 is 2.12 bits per heavy atom. The molecule has 2 N–H and O–H groups in total. The minimum atomic E-state index is -1.11. The number of carbonyl (C=O) groups excluding carboxylic acids is 3. The number of rotatable bonds is 2. The molecule has 1 saturated heterocycles. The molecule has 90 valence electrons. The van der Waals surface area contributed by atoms with Crippen molar-refractivity contribution < 1.29 is 23.5 Å². The van der Waals surface area contributed by atoms with Crippen LogP contribution >= 0.6 is 0 Å². The molecular formula is C10H10N2O5. The summed E-state index contributed by atoms with van der Waals surface area (Å²) in [7, 11) is 0. The van der Waals surface area contributed by atoms with Gasteiger partial charge in [-0.1, -0.05) is 0 Å². The van der Waals surface area contributed by atoms with Crippen molar-refractivity contribution in [1.29, 1.82) is 0 Å². The highest BCUT2D eigenvalue weighted by molar-refractivity contribution is 6.02.